The molecule has 1 atom stereocenters. The lowest BCUT2D eigenvalue weighted by atomic mass is 9.97. The Balaban J connectivity index is 3.61. The smallest absolute Gasteiger partial charge is 0.166 e. The third-order valence-corrected chi connectivity index (χ3v) is 2.83. The number of aliphatic hydroxyl groups is 1. The predicted octanol–water partition coefficient (Wildman–Crippen LogP) is 1.45. The van der Waals surface area contributed by atoms with Crippen LogP contribution in [0.25, 0.3) is 0 Å². The summed E-state index contributed by atoms with van der Waals surface area (Å²) in [6, 6.07) is -0.700. The maximum absolute atomic E-state index is 14.0. The molecule has 0 heterocycles. The van der Waals surface area contributed by atoms with Crippen molar-refractivity contribution in [2.75, 3.05) is 20.8 Å². The molecule has 0 radical (unpaired) electrons. The van der Waals surface area contributed by atoms with Gasteiger partial charge < -0.3 is 20.3 Å². The van der Waals surface area contributed by atoms with Gasteiger partial charge in [0.1, 0.15) is 5.82 Å². The summed E-state index contributed by atoms with van der Waals surface area (Å²) in [7, 11) is 2.90. The van der Waals surface area contributed by atoms with Crippen LogP contribution in [0.2, 0.25) is 0 Å². The highest BCUT2D eigenvalue weighted by Gasteiger charge is 2.24. The van der Waals surface area contributed by atoms with Crippen molar-refractivity contribution >= 4 is 0 Å². The molecular formula is C12H18FNO3. The van der Waals surface area contributed by atoms with Crippen molar-refractivity contribution in [2.24, 2.45) is 5.73 Å². The van der Waals surface area contributed by atoms with Gasteiger partial charge in [0.25, 0.3) is 0 Å². The van der Waals surface area contributed by atoms with E-state index in [4.69, 9.17) is 20.3 Å². The van der Waals surface area contributed by atoms with Crippen LogP contribution >= 0.6 is 0 Å². The number of halogens is 1. The molecule has 0 aliphatic heterocycles. The van der Waals surface area contributed by atoms with Crippen molar-refractivity contribution in [3.63, 3.8) is 0 Å². The maximum atomic E-state index is 14.0. The zero-order valence-corrected chi connectivity index (χ0v) is 10.5. The van der Waals surface area contributed by atoms with Crippen LogP contribution in [-0.2, 0) is 0 Å². The first kappa shape index (κ1) is 13.7. The zero-order valence-electron chi connectivity index (χ0n) is 10.5. The fourth-order valence-corrected chi connectivity index (χ4v) is 1.95. The van der Waals surface area contributed by atoms with Gasteiger partial charge in [0.05, 0.1) is 26.9 Å². The summed E-state index contributed by atoms with van der Waals surface area (Å²) in [6.07, 6.45) is 0. The lowest BCUT2D eigenvalue weighted by molar-refractivity contribution is 0.262. The Labute approximate surface area is 100 Å². The molecule has 3 N–H and O–H groups in total. The maximum Gasteiger partial charge on any atom is 0.166 e. The van der Waals surface area contributed by atoms with E-state index in [0.717, 1.165) is 0 Å². The largest absolute Gasteiger partial charge is 0.492 e. The number of rotatable bonds is 4. The van der Waals surface area contributed by atoms with Gasteiger partial charge in [0.15, 0.2) is 11.5 Å². The Kier molecular flexibility index (Phi) is 4.31. The molecule has 0 saturated heterocycles. The lowest BCUT2D eigenvalue weighted by Gasteiger charge is -2.21. The van der Waals surface area contributed by atoms with Gasteiger partial charge in [0, 0.05) is 11.1 Å². The topological polar surface area (TPSA) is 64.7 Å². The van der Waals surface area contributed by atoms with Crippen LogP contribution in [0.5, 0.6) is 11.5 Å². The Hall–Kier alpha value is -1.33. The monoisotopic (exact) mass is 243 g/mol. The Morgan fingerprint density at radius 2 is 1.71 bits per heavy atom. The molecular weight excluding hydrogens is 225 g/mol. The molecule has 0 fully saturated rings. The van der Waals surface area contributed by atoms with Crippen molar-refractivity contribution in [1.82, 2.24) is 0 Å². The van der Waals surface area contributed by atoms with E-state index in [2.05, 4.69) is 0 Å². The van der Waals surface area contributed by atoms with E-state index in [1.807, 2.05) is 0 Å². The number of methoxy groups -OCH3 is 2. The quantitative estimate of drug-likeness (QED) is 0.840. The molecule has 0 aliphatic rings. The first-order valence-corrected chi connectivity index (χ1v) is 5.26. The lowest BCUT2D eigenvalue weighted by Crippen LogP contribution is -2.18. The zero-order chi connectivity index (χ0) is 13.2. The van der Waals surface area contributed by atoms with E-state index < -0.39 is 6.04 Å². The van der Waals surface area contributed by atoms with E-state index in [1.54, 1.807) is 13.8 Å². The van der Waals surface area contributed by atoms with Crippen LogP contribution in [0, 0.1) is 19.7 Å². The minimum Gasteiger partial charge on any atom is -0.492 e. The average molecular weight is 243 g/mol. The van der Waals surface area contributed by atoms with Crippen LogP contribution in [0.3, 0.4) is 0 Å². The van der Waals surface area contributed by atoms with Crippen LogP contribution in [0.1, 0.15) is 22.7 Å². The second-order valence-electron chi connectivity index (χ2n) is 3.83. The summed E-state index contributed by atoms with van der Waals surface area (Å²) in [5.74, 6) is 0.307. The molecule has 1 aromatic rings. The summed E-state index contributed by atoms with van der Waals surface area (Å²) >= 11 is 0. The second kappa shape index (κ2) is 5.33. The molecule has 5 heteroatoms. The van der Waals surface area contributed by atoms with Crippen molar-refractivity contribution in [3.05, 3.63) is 22.5 Å². The Morgan fingerprint density at radius 1 is 1.18 bits per heavy atom. The SMILES string of the molecule is COc1c(C)c(F)c(C)c(C(N)CO)c1OC. The highest BCUT2D eigenvalue weighted by Crippen LogP contribution is 2.41. The molecule has 0 aliphatic carbocycles. The van der Waals surface area contributed by atoms with Gasteiger partial charge in [-0.15, -0.1) is 0 Å². The average Bonchev–Trinajstić information content (AvgIpc) is 2.34. The number of ether oxygens (including phenoxy) is 2. The molecule has 4 nitrogen and oxygen atoms in total. The van der Waals surface area contributed by atoms with E-state index in [9.17, 15) is 4.39 Å². The molecule has 1 rings (SSSR count). The van der Waals surface area contributed by atoms with Crippen molar-refractivity contribution in [3.8, 4) is 11.5 Å². The van der Waals surface area contributed by atoms with Gasteiger partial charge in [-0.3, -0.25) is 0 Å². The van der Waals surface area contributed by atoms with Gasteiger partial charge in [-0.2, -0.15) is 0 Å². The minimum atomic E-state index is -0.700. The van der Waals surface area contributed by atoms with Gasteiger partial charge in [-0.1, -0.05) is 0 Å². The van der Waals surface area contributed by atoms with E-state index in [0.29, 0.717) is 28.2 Å². The molecule has 0 spiro atoms. The highest BCUT2D eigenvalue weighted by molar-refractivity contribution is 5.57. The number of nitrogens with two attached hydrogens (primary N) is 1. The van der Waals surface area contributed by atoms with Gasteiger partial charge >= 0.3 is 0 Å². The van der Waals surface area contributed by atoms with Gasteiger partial charge in [-0.25, -0.2) is 4.39 Å². The van der Waals surface area contributed by atoms with Gasteiger partial charge in [-0.05, 0) is 19.4 Å². The Morgan fingerprint density at radius 3 is 2.12 bits per heavy atom. The predicted molar refractivity (Wildman–Crippen MR) is 63.0 cm³/mol. The minimum absolute atomic E-state index is 0.289. The van der Waals surface area contributed by atoms with E-state index >= 15 is 0 Å². The first-order chi connectivity index (χ1) is 7.99. The fourth-order valence-electron chi connectivity index (χ4n) is 1.95. The molecule has 1 aromatic carbocycles. The van der Waals surface area contributed by atoms with Gasteiger partial charge in [0.2, 0.25) is 0 Å². The molecule has 0 saturated carbocycles. The summed E-state index contributed by atoms with van der Waals surface area (Å²) in [5, 5.41) is 9.11. The van der Waals surface area contributed by atoms with Crippen LogP contribution in [0.4, 0.5) is 4.39 Å². The van der Waals surface area contributed by atoms with Crippen LogP contribution in [-0.4, -0.2) is 25.9 Å². The Bertz CT molecular complexity index is 421. The first-order valence-electron chi connectivity index (χ1n) is 5.26. The van der Waals surface area contributed by atoms with Crippen LogP contribution < -0.4 is 15.2 Å². The summed E-state index contributed by atoms with van der Waals surface area (Å²) in [4.78, 5) is 0. The summed E-state index contributed by atoms with van der Waals surface area (Å²) in [5.41, 5.74) is 6.95. The molecule has 96 valence electrons. The van der Waals surface area contributed by atoms with Crippen molar-refractivity contribution < 1.29 is 19.0 Å². The molecule has 0 amide bonds. The third kappa shape index (κ3) is 2.21. The number of aliphatic hydroxyl groups excluding tert-OH is 1. The number of hydrogen-bond donors (Lipinski definition) is 2. The molecule has 17 heavy (non-hydrogen) atoms. The molecule has 0 bridgehead atoms. The standard InChI is InChI=1S/C12H18FNO3/c1-6-9(8(14)5-15)12(17-4)11(16-3)7(2)10(6)13/h8,15H,5,14H2,1-4H3. The third-order valence-electron chi connectivity index (χ3n) is 2.83. The summed E-state index contributed by atoms with van der Waals surface area (Å²) < 4.78 is 24.3. The molecule has 0 aromatic heterocycles. The number of hydrogen-bond acceptors (Lipinski definition) is 4. The summed E-state index contributed by atoms with van der Waals surface area (Å²) in [6.45, 7) is 2.93. The highest BCUT2D eigenvalue weighted by atomic mass is 19.1. The van der Waals surface area contributed by atoms with E-state index in [-0.39, 0.29) is 12.4 Å². The second-order valence-corrected chi connectivity index (χ2v) is 3.83. The van der Waals surface area contributed by atoms with Crippen molar-refractivity contribution in [1.29, 1.82) is 0 Å². The number of benzene rings is 1. The van der Waals surface area contributed by atoms with Crippen LogP contribution in [0.15, 0.2) is 0 Å². The molecule has 1 unspecified atom stereocenters. The fraction of sp³-hybridized carbons (Fsp3) is 0.500. The van der Waals surface area contributed by atoms with Crippen molar-refractivity contribution in [2.45, 2.75) is 19.9 Å². The van der Waals surface area contributed by atoms with E-state index in [1.165, 1.54) is 14.2 Å². The normalized spacial score (nSPS) is 12.4.